The van der Waals surface area contributed by atoms with E-state index in [9.17, 15) is 0 Å². The number of hydrogen-bond acceptors (Lipinski definition) is 6. The Balaban J connectivity index is 0.000000400. The van der Waals surface area contributed by atoms with Crippen LogP contribution in [0.2, 0.25) is 0 Å². The first kappa shape index (κ1) is 21.8. The Morgan fingerprint density at radius 1 is 1.04 bits per heavy atom. The fourth-order valence-electron chi connectivity index (χ4n) is 2.98. The molecule has 2 aliphatic heterocycles. The average molecular weight is 347 g/mol. The summed E-state index contributed by atoms with van der Waals surface area (Å²) in [5.74, 6) is 0. The monoisotopic (exact) mass is 346 g/mol. The summed E-state index contributed by atoms with van der Waals surface area (Å²) >= 11 is 0. The van der Waals surface area contributed by atoms with Crippen molar-refractivity contribution in [2.45, 2.75) is 65.0 Å². The Hall–Kier alpha value is -0.240. The molecular formula is C18H38N2O4. The van der Waals surface area contributed by atoms with Crippen LogP contribution in [0.15, 0.2) is 0 Å². The lowest BCUT2D eigenvalue weighted by molar-refractivity contribution is -0.221. The highest BCUT2D eigenvalue weighted by molar-refractivity contribution is 4.92. The Kier molecular flexibility index (Phi) is 11.8. The molecule has 3 atom stereocenters. The molecule has 24 heavy (non-hydrogen) atoms. The molecule has 0 aromatic heterocycles. The van der Waals surface area contributed by atoms with Crippen molar-refractivity contribution in [3.63, 3.8) is 0 Å². The van der Waals surface area contributed by atoms with E-state index in [1.54, 1.807) is 0 Å². The summed E-state index contributed by atoms with van der Waals surface area (Å²) in [5.41, 5.74) is -0.195. The third kappa shape index (κ3) is 8.23. The van der Waals surface area contributed by atoms with Crippen molar-refractivity contribution >= 4 is 0 Å². The summed E-state index contributed by atoms with van der Waals surface area (Å²) in [7, 11) is 0. The summed E-state index contributed by atoms with van der Waals surface area (Å²) in [4.78, 5) is 0. The molecular weight excluding hydrogens is 308 g/mol. The molecule has 0 aromatic rings. The summed E-state index contributed by atoms with van der Waals surface area (Å²) < 4.78 is 22.5. The first-order valence-corrected chi connectivity index (χ1v) is 9.54. The molecule has 2 heterocycles. The lowest BCUT2D eigenvalue weighted by Crippen LogP contribution is -2.57. The van der Waals surface area contributed by atoms with E-state index in [2.05, 4.69) is 24.5 Å². The highest BCUT2D eigenvalue weighted by Crippen LogP contribution is 2.28. The predicted octanol–water partition coefficient (Wildman–Crippen LogP) is 1.93. The van der Waals surface area contributed by atoms with Crippen molar-refractivity contribution < 1.29 is 18.9 Å². The van der Waals surface area contributed by atoms with Crippen LogP contribution in [0.25, 0.3) is 0 Å². The molecule has 3 unspecified atom stereocenters. The van der Waals surface area contributed by atoms with Crippen LogP contribution in [0.3, 0.4) is 0 Å². The molecule has 144 valence electrons. The van der Waals surface area contributed by atoms with Gasteiger partial charge in [-0.3, -0.25) is 0 Å². The minimum Gasteiger partial charge on any atom is -0.379 e. The van der Waals surface area contributed by atoms with Gasteiger partial charge in [0.1, 0.15) is 5.60 Å². The molecule has 0 aliphatic carbocycles. The molecule has 0 amide bonds. The highest BCUT2D eigenvalue weighted by atomic mass is 16.7. The third-order valence-corrected chi connectivity index (χ3v) is 4.43. The summed E-state index contributed by atoms with van der Waals surface area (Å²) in [6.45, 7) is 15.3. The lowest BCUT2D eigenvalue weighted by Gasteiger charge is -2.42. The molecule has 2 rings (SSSR count). The van der Waals surface area contributed by atoms with Gasteiger partial charge in [0, 0.05) is 32.8 Å². The van der Waals surface area contributed by atoms with E-state index in [4.69, 9.17) is 18.9 Å². The predicted molar refractivity (Wildman–Crippen MR) is 96.4 cm³/mol. The zero-order valence-electron chi connectivity index (χ0n) is 16.1. The van der Waals surface area contributed by atoms with Crippen LogP contribution in [-0.2, 0) is 18.9 Å². The van der Waals surface area contributed by atoms with Gasteiger partial charge < -0.3 is 29.6 Å². The molecule has 0 saturated carbocycles. The Morgan fingerprint density at radius 3 is 2.21 bits per heavy atom. The molecule has 2 fully saturated rings. The largest absolute Gasteiger partial charge is 0.379 e. The Labute approximate surface area is 147 Å². The Morgan fingerprint density at radius 2 is 1.75 bits per heavy atom. The highest BCUT2D eigenvalue weighted by Gasteiger charge is 2.39. The molecule has 2 saturated heterocycles. The molecule has 2 N–H and O–H groups in total. The normalized spacial score (nSPS) is 27.0. The average Bonchev–Trinajstić information content (AvgIpc) is 2.63. The quantitative estimate of drug-likeness (QED) is 0.655. The van der Waals surface area contributed by atoms with E-state index in [0.717, 1.165) is 52.4 Å². The lowest BCUT2D eigenvalue weighted by atomic mass is 9.89. The second kappa shape index (κ2) is 13.0. The number of unbranched alkanes of at least 4 members (excludes halogenated alkanes) is 1. The van der Waals surface area contributed by atoms with Crippen LogP contribution < -0.4 is 10.6 Å². The van der Waals surface area contributed by atoms with Crippen molar-refractivity contribution in [1.29, 1.82) is 0 Å². The van der Waals surface area contributed by atoms with Gasteiger partial charge >= 0.3 is 0 Å². The van der Waals surface area contributed by atoms with Crippen molar-refractivity contribution in [2.24, 2.45) is 0 Å². The van der Waals surface area contributed by atoms with Gasteiger partial charge in [0.2, 0.25) is 0 Å². The van der Waals surface area contributed by atoms with E-state index in [1.807, 2.05) is 13.8 Å². The van der Waals surface area contributed by atoms with Crippen molar-refractivity contribution in [2.75, 3.05) is 52.6 Å². The van der Waals surface area contributed by atoms with E-state index in [1.165, 1.54) is 12.8 Å². The van der Waals surface area contributed by atoms with Crippen molar-refractivity contribution in [3.05, 3.63) is 0 Å². The smallest absolute Gasteiger partial charge is 0.155 e. The summed E-state index contributed by atoms with van der Waals surface area (Å²) in [6, 6.07) is 0. The summed E-state index contributed by atoms with van der Waals surface area (Å²) in [6.07, 6.45) is 3.25. The molecule has 0 aromatic carbocycles. The van der Waals surface area contributed by atoms with E-state index in [0.29, 0.717) is 6.61 Å². The fourth-order valence-corrected chi connectivity index (χ4v) is 2.98. The van der Waals surface area contributed by atoms with Gasteiger partial charge in [-0.25, -0.2) is 0 Å². The zero-order valence-corrected chi connectivity index (χ0v) is 16.1. The standard InChI is InChI=1S/C14H29NO3.C4H9NO/c1-5-7-8-14(11-15-9-10-17-14)12(3)18-13(4)16-6-2;1-3-6-4-2-5-1/h12-13,15H,5-11H2,1-4H3;5H,1-4H2. The molecule has 0 bridgehead atoms. The molecule has 0 radical (unpaired) electrons. The van der Waals surface area contributed by atoms with Crippen molar-refractivity contribution in [1.82, 2.24) is 10.6 Å². The number of hydrogen-bond donors (Lipinski definition) is 2. The third-order valence-electron chi connectivity index (χ3n) is 4.43. The van der Waals surface area contributed by atoms with Gasteiger partial charge in [0.05, 0.1) is 25.9 Å². The maximum Gasteiger partial charge on any atom is 0.155 e. The van der Waals surface area contributed by atoms with Gasteiger partial charge in [0.25, 0.3) is 0 Å². The second-order valence-electron chi connectivity index (χ2n) is 6.36. The van der Waals surface area contributed by atoms with Crippen LogP contribution >= 0.6 is 0 Å². The van der Waals surface area contributed by atoms with Crippen LogP contribution in [0.4, 0.5) is 0 Å². The molecule has 0 spiro atoms. The summed E-state index contributed by atoms with van der Waals surface area (Å²) in [5, 5.41) is 6.58. The first-order chi connectivity index (χ1) is 11.6. The number of morpholine rings is 2. The molecule has 2 aliphatic rings. The van der Waals surface area contributed by atoms with Crippen molar-refractivity contribution in [3.8, 4) is 0 Å². The van der Waals surface area contributed by atoms with Crippen LogP contribution in [0, 0.1) is 0 Å². The topological polar surface area (TPSA) is 61.0 Å². The van der Waals surface area contributed by atoms with Crippen LogP contribution in [-0.4, -0.2) is 70.6 Å². The molecule has 6 nitrogen and oxygen atoms in total. The maximum absolute atomic E-state index is 6.07. The SMILES string of the molecule is C1COCCN1.CCCCC1(C(C)OC(C)OCC)CNCCO1. The fraction of sp³-hybridized carbons (Fsp3) is 1.00. The van der Waals surface area contributed by atoms with E-state index in [-0.39, 0.29) is 18.0 Å². The van der Waals surface area contributed by atoms with Crippen LogP contribution in [0.1, 0.15) is 47.0 Å². The zero-order chi connectivity index (χ0) is 17.7. The minimum absolute atomic E-state index is 0.0402. The first-order valence-electron chi connectivity index (χ1n) is 9.54. The molecule has 6 heteroatoms. The van der Waals surface area contributed by atoms with Gasteiger partial charge in [-0.1, -0.05) is 19.8 Å². The number of ether oxygens (including phenoxy) is 4. The second-order valence-corrected chi connectivity index (χ2v) is 6.36. The Bertz CT molecular complexity index is 283. The van der Waals surface area contributed by atoms with E-state index < -0.39 is 0 Å². The van der Waals surface area contributed by atoms with Gasteiger partial charge in [0.15, 0.2) is 6.29 Å². The van der Waals surface area contributed by atoms with Gasteiger partial charge in [-0.05, 0) is 27.2 Å². The van der Waals surface area contributed by atoms with Gasteiger partial charge in [-0.2, -0.15) is 0 Å². The van der Waals surface area contributed by atoms with E-state index >= 15 is 0 Å². The van der Waals surface area contributed by atoms with Gasteiger partial charge in [-0.15, -0.1) is 0 Å². The number of nitrogens with one attached hydrogen (secondary N) is 2. The number of rotatable bonds is 8. The van der Waals surface area contributed by atoms with Crippen LogP contribution in [0.5, 0.6) is 0 Å². The minimum atomic E-state index is -0.195. The maximum atomic E-state index is 6.07.